The van der Waals surface area contributed by atoms with Gasteiger partial charge in [0.05, 0.1) is 0 Å². The van der Waals surface area contributed by atoms with E-state index < -0.39 is 6.10 Å². The van der Waals surface area contributed by atoms with E-state index in [0.29, 0.717) is 17.5 Å². The van der Waals surface area contributed by atoms with Crippen molar-refractivity contribution in [3.05, 3.63) is 35.4 Å². The zero-order chi connectivity index (χ0) is 18.9. The first-order chi connectivity index (χ1) is 12.9. The summed E-state index contributed by atoms with van der Waals surface area (Å²) in [5.74, 6) is 0.712. The second-order valence-electron chi connectivity index (χ2n) is 8.09. The molecule has 1 spiro atoms. The number of esters is 2. The lowest BCUT2D eigenvalue weighted by atomic mass is 9.54. The topological polar surface area (TPSA) is 65.1 Å². The molecule has 2 aliphatic carbocycles. The molecule has 1 fully saturated rings. The third kappa shape index (κ3) is 2.16. The maximum absolute atomic E-state index is 11.7. The molecule has 6 nitrogen and oxygen atoms in total. The minimum atomic E-state index is -0.439. The lowest BCUT2D eigenvalue weighted by Crippen LogP contribution is -2.65. The summed E-state index contributed by atoms with van der Waals surface area (Å²) in [6.07, 6.45) is 5.31. The normalized spacial score (nSPS) is 35.2. The number of hydrogen-bond acceptors (Lipinski definition) is 6. The van der Waals surface area contributed by atoms with Crippen LogP contribution >= 0.6 is 0 Å². The van der Waals surface area contributed by atoms with Gasteiger partial charge in [0.15, 0.2) is 17.6 Å². The molecule has 0 saturated carbocycles. The Labute approximate surface area is 158 Å². The van der Waals surface area contributed by atoms with Crippen LogP contribution < -0.4 is 9.47 Å². The van der Waals surface area contributed by atoms with Crippen LogP contribution in [0.4, 0.5) is 0 Å². The van der Waals surface area contributed by atoms with E-state index in [1.165, 1.54) is 19.4 Å². The number of carbonyl (C=O) groups excluding carboxylic acids is 2. The largest absolute Gasteiger partial charge is 0.481 e. The molecule has 1 aromatic rings. The van der Waals surface area contributed by atoms with E-state index in [0.717, 1.165) is 24.9 Å². The van der Waals surface area contributed by atoms with Gasteiger partial charge < -0.3 is 19.1 Å². The molecule has 4 aliphatic rings. The van der Waals surface area contributed by atoms with Gasteiger partial charge in [-0.1, -0.05) is 12.1 Å². The summed E-state index contributed by atoms with van der Waals surface area (Å²) in [4.78, 5) is 25.7. The zero-order valence-electron chi connectivity index (χ0n) is 15.7. The molecule has 0 unspecified atom stereocenters. The maximum atomic E-state index is 11.7. The summed E-state index contributed by atoms with van der Waals surface area (Å²) >= 11 is 0. The van der Waals surface area contributed by atoms with Crippen molar-refractivity contribution < 1.29 is 23.8 Å². The van der Waals surface area contributed by atoms with Crippen LogP contribution in [0.5, 0.6) is 11.5 Å². The number of hydrogen-bond donors (Lipinski definition) is 0. The number of nitrogens with zero attached hydrogens (tertiary/aromatic N) is 1. The molecule has 27 heavy (non-hydrogen) atoms. The van der Waals surface area contributed by atoms with Crippen molar-refractivity contribution in [1.82, 2.24) is 4.90 Å². The molecule has 2 aliphatic heterocycles. The Morgan fingerprint density at radius 3 is 2.78 bits per heavy atom. The number of ether oxygens (including phenoxy) is 3. The molecular formula is C21H23NO5. The van der Waals surface area contributed by atoms with Gasteiger partial charge in [0.25, 0.3) is 0 Å². The lowest BCUT2D eigenvalue weighted by Gasteiger charge is -2.56. The van der Waals surface area contributed by atoms with Crippen molar-refractivity contribution in [2.45, 2.75) is 50.4 Å². The van der Waals surface area contributed by atoms with Gasteiger partial charge in [0, 0.05) is 36.8 Å². The van der Waals surface area contributed by atoms with Crippen molar-refractivity contribution in [2.75, 3.05) is 13.6 Å². The Morgan fingerprint density at radius 2 is 2.04 bits per heavy atom. The van der Waals surface area contributed by atoms with Gasteiger partial charge in [-0.15, -0.1) is 0 Å². The van der Waals surface area contributed by atoms with Crippen LogP contribution in [0.3, 0.4) is 0 Å². The van der Waals surface area contributed by atoms with Crippen LogP contribution in [0.1, 0.15) is 31.4 Å². The molecule has 0 aromatic heterocycles. The highest BCUT2D eigenvalue weighted by Crippen LogP contribution is 2.62. The van der Waals surface area contributed by atoms with E-state index in [1.807, 2.05) is 12.1 Å². The van der Waals surface area contributed by atoms with Crippen molar-refractivity contribution in [3.8, 4) is 11.5 Å². The summed E-state index contributed by atoms with van der Waals surface area (Å²) in [5.41, 5.74) is 2.15. The molecule has 0 amide bonds. The summed E-state index contributed by atoms with van der Waals surface area (Å²) in [6.45, 7) is 3.77. The maximum Gasteiger partial charge on any atom is 0.308 e. The highest BCUT2D eigenvalue weighted by molar-refractivity contribution is 5.73. The fourth-order valence-electron chi connectivity index (χ4n) is 5.74. The quantitative estimate of drug-likeness (QED) is 0.342. The average molecular weight is 373 g/mol. The van der Waals surface area contributed by atoms with Crippen LogP contribution in [0.25, 0.3) is 0 Å². The number of likely N-dealkylation sites (tertiary alicyclic amines) is 1. The Kier molecular flexibility index (Phi) is 3.47. The Bertz CT molecular complexity index is 878. The fraction of sp³-hybridized carbons (Fsp3) is 0.524. The molecule has 2 bridgehead atoms. The van der Waals surface area contributed by atoms with Gasteiger partial charge in [-0.2, -0.15) is 0 Å². The fourth-order valence-corrected chi connectivity index (χ4v) is 5.74. The third-order valence-electron chi connectivity index (χ3n) is 6.67. The number of rotatable bonds is 2. The average Bonchev–Trinajstić information content (AvgIpc) is 2.95. The molecule has 5 rings (SSSR count). The summed E-state index contributed by atoms with van der Waals surface area (Å²) in [7, 11) is 2.17. The van der Waals surface area contributed by atoms with Crippen LogP contribution in [0.15, 0.2) is 24.3 Å². The molecule has 0 radical (unpaired) electrons. The minimum Gasteiger partial charge on any atom is -0.481 e. The van der Waals surface area contributed by atoms with Crippen molar-refractivity contribution in [3.63, 3.8) is 0 Å². The van der Waals surface area contributed by atoms with E-state index in [2.05, 4.69) is 24.1 Å². The van der Waals surface area contributed by atoms with Gasteiger partial charge in [-0.05, 0) is 44.1 Å². The van der Waals surface area contributed by atoms with Gasteiger partial charge in [-0.3, -0.25) is 9.59 Å². The first-order valence-corrected chi connectivity index (χ1v) is 9.49. The summed E-state index contributed by atoms with van der Waals surface area (Å²) in [6, 6.07) is 4.28. The Balaban J connectivity index is 1.71. The van der Waals surface area contributed by atoms with E-state index in [9.17, 15) is 9.59 Å². The Morgan fingerprint density at radius 1 is 1.22 bits per heavy atom. The van der Waals surface area contributed by atoms with Crippen molar-refractivity contribution in [2.24, 2.45) is 5.92 Å². The predicted octanol–water partition coefficient (Wildman–Crippen LogP) is 1.99. The first kappa shape index (κ1) is 16.8. The van der Waals surface area contributed by atoms with E-state index in [4.69, 9.17) is 14.2 Å². The highest BCUT2D eigenvalue weighted by Gasteiger charge is 2.65. The van der Waals surface area contributed by atoms with Crippen molar-refractivity contribution >= 4 is 11.9 Å². The van der Waals surface area contributed by atoms with E-state index in [-0.39, 0.29) is 29.4 Å². The number of piperidine rings is 1. The van der Waals surface area contributed by atoms with E-state index in [1.54, 1.807) is 0 Å². The minimum absolute atomic E-state index is 0.245. The third-order valence-corrected chi connectivity index (χ3v) is 6.67. The van der Waals surface area contributed by atoms with Gasteiger partial charge in [0.2, 0.25) is 0 Å². The SMILES string of the molecule is CC(=O)O[C@H]1C=C[C@H]2[C@H]3Cc4[13cH][13cH][13c](O[13C](C)=O)c5c4[C@@]2(CCN3C)[C@H]1O5. The summed E-state index contributed by atoms with van der Waals surface area (Å²) in [5, 5.41) is 0. The number of benzene rings is 1. The second kappa shape index (κ2) is 5.58. The predicted molar refractivity (Wildman–Crippen MR) is 96.8 cm³/mol. The second-order valence-corrected chi connectivity index (χ2v) is 8.09. The molecule has 0 N–H and O–H groups in total. The molecule has 6 heteroatoms. The van der Waals surface area contributed by atoms with Gasteiger partial charge in [-0.25, -0.2) is 0 Å². The van der Waals surface area contributed by atoms with Crippen LogP contribution in [-0.4, -0.2) is 48.7 Å². The first-order valence-electron chi connectivity index (χ1n) is 9.49. The van der Waals surface area contributed by atoms with Crippen LogP contribution in [-0.2, 0) is 26.2 Å². The lowest BCUT2D eigenvalue weighted by molar-refractivity contribution is -0.152. The van der Waals surface area contributed by atoms with Crippen LogP contribution in [0, 0.1) is 5.92 Å². The molecule has 1 aromatic carbocycles. The summed E-state index contributed by atoms with van der Waals surface area (Å²) < 4.78 is 17.5. The monoisotopic (exact) mass is 373 g/mol. The smallest absolute Gasteiger partial charge is 0.308 e. The highest BCUT2D eigenvalue weighted by atomic mass is 16.7. The molecule has 142 valence electrons. The van der Waals surface area contributed by atoms with Gasteiger partial charge in [0.1, 0.15) is 6.10 Å². The standard InChI is InChI=1S/C21H23NO5/c1-11(23)25-16-6-4-13-10-15-14-5-7-17(26-12(2)24)20-21(14,8-9-22(15)3)18(13)19(16)27-20/h4-7,14-15,17,20H,8-10H2,1-3H3/t14-,15+,17-,20-,21-/m0/s1/i4+1,6+1,11+1,16+1. The molecular weight excluding hydrogens is 350 g/mol. The molecule has 5 atom stereocenters. The van der Waals surface area contributed by atoms with Crippen molar-refractivity contribution in [1.29, 1.82) is 0 Å². The number of likely N-dealkylation sites (N-methyl/N-ethyl adjacent to an activating group) is 1. The Hall–Kier alpha value is -2.34. The molecule has 1 saturated heterocycles. The number of carbonyl (C=O) groups is 2. The molecule has 2 heterocycles. The van der Waals surface area contributed by atoms with E-state index >= 15 is 0 Å². The van der Waals surface area contributed by atoms with Gasteiger partial charge >= 0.3 is 11.9 Å². The van der Waals surface area contributed by atoms with Crippen LogP contribution in [0.2, 0.25) is 0 Å². The zero-order valence-corrected chi connectivity index (χ0v) is 15.7.